The molecule has 0 aliphatic rings. The van der Waals surface area contributed by atoms with Crippen LogP contribution >= 0.6 is 23.2 Å². The van der Waals surface area contributed by atoms with Gasteiger partial charge in [0, 0.05) is 25.3 Å². The van der Waals surface area contributed by atoms with Crippen LogP contribution in [-0.2, 0) is 14.8 Å². The molecule has 0 heterocycles. The monoisotopic (exact) mass is 382 g/mol. The van der Waals surface area contributed by atoms with Crippen LogP contribution in [0.1, 0.15) is 36.5 Å². The fraction of sp³-hybridized carbons (Fsp3) is 0.500. The number of carbonyl (C=O) groups excluding carboxylic acids is 1. The lowest BCUT2D eigenvalue weighted by Crippen LogP contribution is -2.27. The molecule has 0 unspecified atom stereocenters. The van der Waals surface area contributed by atoms with Gasteiger partial charge in [-0.1, -0.05) is 36.5 Å². The SMILES string of the molecule is CCCCOCCCNS(=O)(=O)c1cc(C(=O)[O-])c(Cl)cc1Cl. The molecule has 0 atom stereocenters. The summed E-state index contributed by atoms with van der Waals surface area (Å²) in [5.74, 6) is -1.58. The summed E-state index contributed by atoms with van der Waals surface area (Å²) in [7, 11) is -3.95. The Morgan fingerprint density at radius 2 is 1.87 bits per heavy atom. The molecule has 1 aromatic rings. The van der Waals surface area contributed by atoms with E-state index in [1.807, 2.05) is 6.92 Å². The second-order valence-electron chi connectivity index (χ2n) is 4.77. The van der Waals surface area contributed by atoms with Crippen molar-refractivity contribution in [2.45, 2.75) is 31.1 Å². The molecular weight excluding hydrogens is 365 g/mol. The Labute approximate surface area is 145 Å². The van der Waals surface area contributed by atoms with Gasteiger partial charge < -0.3 is 14.6 Å². The fourth-order valence-corrected chi connectivity index (χ4v) is 3.62. The number of sulfonamides is 1. The highest BCUT2D eigenvalue weighted by Crippen LogP contribution is 2.28. The van der Waals surface area contributed by atoms with Crippen LogP contribution in [-0.4, -0.2) is 34.1 Å². The van der Waals surface area contributed by atoms with Gasteiger partial charge in [0.05, 0.1) is 16.0 Å². The number of hydrogen-bond acceptors (Lipinski definition) is 5. The minimum absolute atomic E-state index is 0.147. The van der Waals surface area contributed by atoms with E-state index in [9.17, 15) is 18.3 Å². The van der Waals surface area contributed by atoms with Crippen molar-refractivity contribution < 1.29 is 23.1 Å². The summed E-state index contributed by atoms with van der Waals surface area (Å²) in [6.07, 6.45) is 2.47. The van der Waals surface area contributed by atoms with Crippen molar-refractivity contribution in [3.05, 3.63) is 27.7 Å². The summed E-state index contributed by atoms with van der Waals surface area (Å²) in [6.45, 7) is 3.27. The molecule has 0 bridgehead atoms. The van der Waals surface area contributed by atoms with Crippen LogP contribution < -0.4 is 9.83 Å². The van der Waals surface area contributed by atoms with Crippen molar-refractivity contribution >= 4 is 39.2 Å². The standard InChI is InChI=1S/C14H19Cl2NO5S/c1-2-3-6-22-7-4-5-17-23(20,21)13-8-10(14(18)19)11(15)9-12(13)16/h8-9,17H,2-7H2,1H3,(H,18,19)/p-1. The average molecular weight is 383 g/mol. The van der Waals surface area contributed by atoms with Gasteiger partial charge in [0.25, 0.3) is 0 Å². The molecule has 0 saturated carbocycles. The third-order valence-electron chi connectivity index (χ3n) is 2.93. The molecule has 0 aliphatic carbocycles. The number of carboxylic acids is 1. The number of halogens is 2. The number of ether oxygens (including phenoxy) is 1. The smallest absolute Gasteiger partial charge is 0.242 e. The molecule has 6 nitrogen and oxygen atoms in total. The van der Waals surface area contributed by atoms with E-state index in [2.05, 4.69) is 4.72 Å². The van der Waals surface area contributed by atoms with Crippen molar-refractivity contribution in [3.8, 4) is 0 Å². The number of nitrogens with one attached hydrogen (secondary N) is 1. The van der Waals surface area contributed by atoms with Gasteiger partial charge in [0.2, 0.25) is 10.0 Å². The first-order valence-electron chi connectivity index (χ1n) is 7.07. The number of rotatable bonds is 10. The number of benzene rings is 1. The van der Waals surface area contributed by atoms with Gasteiger partial charge in [0.15, 0.2) is 0 Å². The minimum Gasteiger partial charge on any atom is -0.545 e. The van der Waals surface area contributed by atoms with Gasteiger partial charge in [-0.15, -0.1) is 0 Å². The highest BCUT2D eigenvalue weighted by Gasteiger charge is 2.20. The summed E-state index contributed by atoms with van der Waals surface area (Å²) in [4.78, 5) is 10.6. The topological polar surface area (TPSA) is 95.5 Å². The van der Waals surface area contributed by atoms with Crippen LogP contribution in [0.5, 0.6) is 0 Å². The summed E-state index contributed by atoms with van der Waals surface area (Å²) < 4.78 is 32.0. The first kappa shape index (κ1) is 20.2. The molecule has 130 valence electrons. The molecule has 1 N–H and O–H groups in total. The highest BCUT2D eigenvalue weighted by atomic mass is 35.5. The Hall–Kier alpha value is -0.860. The first-order valence-corrected chi connectivity index (χ1v) is 9.31. The zero-order valence-corrected chi connectivity index (χ0v) is 14.9. The molecule has 1 aromatic carbocycles. The molecular formula is C14H18Cl2NO5S-. The van der Waals surface area contributed by atoms with Crippen LogP contribution in [0.3, 0.4) is 0 Å². The maximum absolute atomic E-state index is 12.2. The molecule has 0 amide bonds. The van der Waals surface area contributed by atoms with Crippen LogP contribution in [0.25, 0.3) is 0 Å². The van der Waals surface area contributed by atoms with Gasteiger partial charge in [-0.3, -0.25) is 0 Å². The van der Waals surface area contributed by atoms with E-state index in [1.165, 1.54) is 0 Å². The van der Waals surface area contributed by atoms with E-state index in [4.69, 9.17) is 27.9 Å². The molecule has 1 rings (SSSR count). The Balaban J connectivity index is 2.69. The van der Waals surface area contributed by atoms with Crippen molar-refractivity contribution in [3.63, 3.8) is 0 Å². The summed E-state index contributed by atoms with van der Waals surface area (Å²) in [6, 6.07) is 1.96. The zero-order valence-electron chi connectivity index (χ0n) is 12.6. The largest absolute Gasteiger partial charge is 0.545 e. The molecule has 0 aliphatic heterocycles. The highest BCUT2D eigenvalue weighted by molar-refractivity contribution is 7.89. The third kappa shape index (κ3) is 6.27. The lowest BCUT2D eigenvalue weighted by Gasteiger charge is -2.12. The van der Waals surface area contributed by atoms with E-state index in [-0.39, 0.29) is 21.5 Å². The second-order valence-corrected chi connectivity index (χ2v) is 7.32. The molecule has 0 saturated heterocycles. The van der Waals surface area contributed by atoms with Crippen molar-refractivity contribution in [2.75, 3.05) is 19.8 Å². The van der Waals surface area contributed by atoms with Crippen LogP contribution in [0.2, 0.25) is 10.0 Å². The number of hydrogen-bond donors (Lipinski definition) is 1. The van der Waals surface area contributed by atoms with Crippen LogP contribution in [0.4, 0.5) is 0 Å². The van der Waals surface area contributed by atoms with Crippen LogP contribution in [0, 0.1) is 0 Å². The Morgan fingerprint density at radius 1 is 1.22 bits per heavy atom. The molecule has 0 spiro atoms. The lowest BCUT2D eigenvalue weighted by molar-refractivity contribution is -0.255. The number of unbranched alkanes of at least 4 members (excludes halogenated alkanes) is 1. The van der Waals surface area contributed by atoms with Gasteiger partial charge in [0.1, 0.15) is 4.90 Å². The van der Waals surface area contributed by atoms with Crippen LogP contribution in [0.15, 0.2) is 17.0 Å². The normalized spacial score (nSPS) is 11.6. The van der Waals surface area contributed by atoms with Crippen molar-refractivity contribution in [2.24, 2.45) is 0 Å². The van der Waals surface area contributed by atoms with Gasteiger partial charge >= 0.3 is 0 Å². The number of carbonyl (C=O) groups is 1. The van der Waals surface area contributed by atoms with E-state index >= 15 is 0 Å². The van der Waals surface area contributed by atoms with Gasteiger partial charge in [-0.2, -0.15) is 0 Å². The second kappa shape index (κ2) is 9.44. The molecule has 23 heavy (non-hydrogen) atoms. The van der Waals surface area contributed by atoms with E-state index in [1.54, 1.807) is 0 Å². The predicted molar refractivity (Wildman–Crippen MR) is 86.3 cm³/mol. The maximum atomic E-state index is 12.2. The minimum atomic E-state index is -3.95. The summed E-state index contributed by atoms with van der Waals surface area (Å²) in [5, 5.41) is 10.6. The summed E-state index contributed by atoms with van der Waals surface area (Å²) in [5.41, 5.74) is -0.431. The first-order chi connectivity index (χ1) is 10.8. The molecule has 9 heteroatoms. The van der Waals surface area contributed by atoms with Gasteiger partial charge in [-0.25, -0.2) is 13.1 Å². The lowest BCUT2D eigenvalue weighted by atomic mass is 10.2. The predicted octanol–water partition coefficient (Wildman–Crippen LogP) is 1.84. The van der Waals surface area contributed by atoms with E-state index in [0.29, 0.717) is 19.6 Å². The molecule has 0 radical (unpaired) electrons. The number of aromatic carboxylic acids is 1. The quantitative estimate of drug-likeness (QED) is 0.622. The summed E-state index contributed by atoms with van der Waals surface area (Å²) >= 11 is 11.5. The molecule has 0 fully saturated rings. The number of carboxylic acid groups (broad SMARTS) is 1. The Bertz CT molecular complexity index is 649. The fourth-order valence-electron chi connectivity index (χ4n) is 1.70. The Kier molecular flexibility index (Phi) is 8.28. The van der Waals surface area contributed by atoms with Crippen molar-refractivity contribution in [1.82, 2.24) is 4.72 Å². The third-order valence-corrected chi connectivity index (χ3v) is 5.17. The zero-order chi connectivity index (χ0) is 17.5. The van der Waals surface area contributed by atoms with Gasteiger partial charge in [-0.05, 0) is 25.0 Å². The van der Waals surface area contributed by atoms with E-state index in [0.717, 1.165) is 25.0 Å². The van der Waals surface area contributed by atoms with E-state index < -0.39 is 21.6 Å². The molecule has 0 aromatic heterocycles. The average Bonchev–Trinajstić information content (AvgIpc) is 2.45. The Morgan fingerprint density at radius 3 is 2.48 bits per heavy atom. The maximum Gasteiger partial charge on any atom is 0.242 e. The van der Waals surface area contributed by atoms with Crippen molar-refractivity contribution in [1.29, 1.82) is 0 Å².